The average Bonchev–Trinajstić information content (AvgIpc) is 2.95. The van der Waals surface area contributed by atoms with Gasteiger partial charge >= 0.3 is 0 Å². The van der Waals surface area contributed by atoms with Gasteiger partial charge in [-0.25, -0.2) is 0 Å². The first-order chi connectivity index (χ1) is 11.3. The molecule has 0 aliphatic rings. The van der Waals surface area contributed by atoms with Crippen LogP contribution in [0, 0.1) is 11.3 Å². The lowest BCUT2D eigenvalue weighted by atomic mass is 9.96. The number of fused-ring (bicyclic) bond motifs is 1. The SMILES string of the molecule is CCc1[nH]c2ccc(OC)c(Cc3ccccc3)c2c1CC#N. The van der Waals surface area contributed by atoms with Crippen molar-refractivity contribution in [3.63, 3.8) is 0 Å². The van der Waals surface area contributed by atoms with Crippen LogP contribution in [0.25, 0.3) is 10.9 Å². The van der Waals surface area contributed by atoms with Gasteiger partial charge in [0, 0.05) is 28.6 Å². The van der Waals surface area contributed by atoms with Crippen molar-refractivity contribution in [1.82, 2.24) is 4.98 Å². The second-order valence-corrected chi connectivity index (χ2v) is 5.60. The van der Waals surface area contributed by atoms with Crippen molar-refractivity contribution in [3.05, 3.63) is 64.8 Å². The Labute approximate surface area is 136 Å². The lowest BCUT2D eigenvalue weighted by molar-refractivity contribution is 0.411. The Balaban J connectivity index is 2.24. The third-order valence-corrected chi connectivity index (χ3v) is 4.27. The first-order valence-electron chi connectivity index (χ1n) is 7.88. The summed E-state index contributed by atoms with van der Waals surface area (Å²) in [7, 11) is 1.70. The highest BCUT2D eigenvalue weighted by Gasteiger charge is 2.17. The highest BCUT2D eigenvalue weighted by atomic mass is 16.5. The van der Waals surface area contributed by atoms with Gasteiger partial charge in [0.25, 0.3) is 0 Å². The van der Waals surface area contributed by atoms with Gasteiger partial charge in [0.2, 0.25) is 0 Å². The second-order valence-electron chi connectivity index (χ2n) is 5.60. The van der Waals surface area contributed by atoms with Crippen LogP contribution in [-0.4, -0.2) is 12.1 Å². The molecule has 3 nitrogen and oxygen atoms in total. The van der Waals surface area contributed by atoms with Gasteiger partial charge in [0.15, 0.2) is 0 Å². The van der Waals surface area contributed by atoms with E-state index >= 15 is 0 Å². The van der Waals surface area contributed by atoms with E-state index in [4.69, 9.17) is 4.74 Å². The number of rotatable bonds is 5. The zero-order valence-electron chi connectivity index (χ0n) is 13.5. The van der Waals surface area contributed by atoms with E-state index in [1.807, 2.05) is 30.3 Å². The molecule has 0 unspecified atom stereocenters. The van der Waals surface area contributed by atoms with Crippen molar-refractivity contribution in [2.24, 2.45) is 0 Å². The molecule has 116 valence electrons. The number of nitrogens with zero attached hydrogens (tertiary/aromatic N) is 1. The maximum Gasteiger partial charge on any atom is 0.123 e. The third-order valence-electron chi connectivity index (χ3n) is 4.27. The Kier molecular flexibility index (Phi) is 4.34. The third kappa shape index (κ3) is 2.80. The maximum absolute atomic E-state index is 9.23. The van der Waals surface area contributed by atoms with Gasteiger partial charge in [0.05, 0.1) is 19.6 Å². The zero-order chi connectivity index (χ0) is 16.2. The molecular formula is C20H20N2O. The zero-order valence-corrected chi connectivity index (χ0v) is 13.5. The summed E-state index contributed by atoms with van der Waals surface area (Å²) in [5, 5.41) is 10.4. The molecule has 0 atom stereocenters. The van der Waals surface area contributed by atoms with Gasteiger partial charge in [-0.2, -0.15) is 5.26 Å². The van der Waals surface area contributed by atoms with E-state index in [1.54, 1.807) is 7.11 Å². The predicted octanol–water partition coefficient (Wildman–Crippen LogP) is 4.40. The minimum atomic E-state index is 0.415. The number of methoxy groups -OCH3 is 1. The summed E-state index contributed by atoms with van der Waals surface area (Å²) < 4.78 is 5.60. The van der Waals surface area contributed by atoms with E-state index in [0.29, 0.717) is 6.42 Å². The van der Waals surface area contributed by atoms with Crippen LogP contribution in [0.1, 0.15) is 29.3 Å². The Morgan fingerprint density at radius 2 is 1.87 bits per heavy atom. The molecule has 23 heavy (non-hydrogen) atoms. The van der Waals surface area contributed by atoms with Crippen molar-refractivity contribution in [1.29, 1.82) is 5.26 Å². The number of hydrogen-bond acceptors (Lipinski definition) is 2. The minimum absolute atomic E-state index is 0.415. The van der Waals surface area contributed by atoms with E-state index in [1.165, 1.54) is 5.56 Å². The van der Waals surface area contributed by atoms with Crippen molar-refractivity contribution in [2.75, 3.05) is 7.11 Å². The van der Waals surface area contributed by atoms with Crippen LogP contribution in [0.4, 0.5) is 0 Å². The summed E-state index contributed by atoms with van der Waals surface area (Å²) in [5.41, 5.74) is 5.72. The molecule has 1 heterocycles. The molecule has 3 heteroatoms. The fraction of sp³-hybridized carbons (Fsp3) is 0.250. The van der Waals surface area contributed by atoms with Crippen LogP contribution in [0.2, 0.25) is 0 Å². The highest BCUT2D eigenvalue weighted by molar-refractivity contribution is 5.90. The number of benzene rings is 2. The van der Waals surface area contributed by atoms with E-state index < -0.39 is 0 Å². The van der Waals surface area contributed by atoms with Crippen molar-refractivity contribution >= 4 is 10.9 Å². The number of ether oxygens (including phenoxy) is 1. The average molecular weight is 304 g/mol. The van der Waals surface area contributed by atoms with Gasteiger partial charge in [0.1, 0.15) is 5.75 Å². The number of aryl methyl sites for hydroxylation is 1. The van der Waals surface area contributed by atoms with Crippen molar-refractivity contribution in [3.8, 4) is 11.8 Å². The molecule has 0 spiro atoms. The largest absolute Gasteiger partial charge is 0.496 e. The normalized spacial score (nSPS) is 10.7. The van der Waals surface area contributed by atoms with Gasteiger partial charge in [-0.3, -0.25) is 0 Å². The second kappa shape index (κ2) is 6.58. The van der Waals surface area contributed by atoms with Crippen LogP contribution in [0.5, 0.6) is 5.75 Å². The number of nitriles is 1. The minimum Gasteiger partial charge on any atom is -0.496 e. The molecule has 0 radical (unpaired) electrons. The summed E-state index contributed by atoms with van der Waals surface area (Å²) in [6, 6.07) is 16.7. The van der Waals surface area contributed by atoms with Gasteiger partial charge in [-0.1, -0.05) is 37.3 Å². The summed E-state index contributed by atoms with van der Waals surface area (Å²) in [5.74, 6) is 0.877. The smallest absolute Gasteiger partial charge is 0.123 e. The van der Waals surface area contributed by atoms with Crippen LogP contribution in [-0.2, 0) is 19.3 Å². The molecule has 1 aromatic heterocycles. The van der Waals surface area contributed by atoms with Crippen LogP contribution < -0.4 is 4.74 Å². The lowest BCUT2D eigenvalue weighted by Gasteiger charge is -2.11. The number of nitrogens with one attached hydrogen (secondary N) is 1. The number of aromatic amines is 1. The molecule has 0 fully saturated rings. The quantitative estimate of drug-likeness (QED) is 0.759. The molecule has 0 amide bonds. The van der Waals surface area contributed by atoms with Crippen LogP contribution in [0.3, 0.4) is 0 Å². The summed E-state index contributed by atoms with van der Waals surface area (Å²) in [6.07, 6.45) is 2.09. The monoisotopic (exact) mass is 304 g/mol. The molecule has 2 aromatic carbocycles. The molecule has 0 saturated carbocycles. The molecule has 0 saturated heterocycles. The summed E-state index contributed by atoms with van der Waals surface area (Å²) >= 11 is 0. The first-order valence-corrected chi connectivity index (χ1v) is 7.88. The van der Waals surface area contributed by atoms with Crippen LogP contribution >= 0.6 is 0 Å². The van der Waals surface area contributed by atoms with Gasteiger partial charge in [-0.05, 0) is 29.7 Å². The van der Waals surface area contributed by atoms with Crippen molar-refractivity contribution < 1.29 is 4.74 Å². The standard InChI is InChI=1S/C20H20N2O/c1-3-17-15(11-12-21)20-16(13-14-7-5-4-6-8-14)19(23-2)10-9-18(20)22-17/h4-10,22H,3,11,13H2,1-2H3. The molecule has 0 bridgehead atoms. The molecular weight excluding hydrogens is 284 g/mol. The number of H-pyrrole nitrogens is 1. The van der Waals surface area contributed by atoms with Crippen LogP contribution in [0.15, 0.2) is 42.5 Å². The molecule has 1 N–H and O–H groups in total. The van der Waals surface area contributed by atoms with E-state index in [0.717, 1.165) is 46.3 Å². The maximum atomic E-state index is 9.23. The highest BCUT2D eigenvalue weighted by Crippen LogP contribution is 2.34. The first kappa shape index (κ1) is 15.2. The predicted molar refractivity (Wildman–Crippen MR) is 92.8 cm³/mol. The number of aromatic nitrogens is 1. The summed E-state index contributed by atoms with van der Waals surface area (Å²) in [6.45, 7) is 2.11. The van der Waals surface area contributed by atoms with Crippen molar-refractivity contribution in [2.45, 2.75) is 26.2 Å². The molecule has 3 rings (SSSR count). The Bertz CT molecular complexity index is 857. The lowest BCUT2D eigenvalue weighted by Crippen LogP contribution is -1.97. The fourth-order valence-corrected chi connectivity index (χ4v) is 3.21. The van der Waals surface area contributed by atoms with Gasteiger partial charge < -0.3 is 9.72 Å². The van der Waals surface area contributed by atoms with E-state index in [2.05, 4.69) is 30.1 Å². The van der Waals surface area contributed by atoms with E-state index in [9.17, 15) is 5.26 Å². The van der Waals surface area contributed by atoms with Gasteiger partial charge in [-0.15, -0.1) is 0 Å². The number of hydrogen-bond donors (Lipinski definition) is 1. The molecule has 3 aromatic rings. The molecule has 0 aliphatic heterocycles. The Morgan fingerprint density at radius 1 is 1.09 bits per heavy atom. The molecule has 0 aliphatic carbocycles. The Morgan fingerprint density at radius 3 is 2.52 bits per heavy atom. The topological polar surface area (TPSA) is 48.8 Å². The summed E-state index contributed by atoms with van der Waals surface area (Å²) in [4.78, 5) is 3.47. The Hall–Kier alpha value is -2.73. The fourth-order valence-electron chi connectivity index (χ4n) is 3.21. The van der Waals surface area contributed by atoms with E-state index in [-0.39, 0.29) is 0 Å².